The molecular weight excluding hydrogens is 234 g/mol. The van der Waals surface area contributed by atoms with Crippen molar-refractivity contribution in [3.8, 4) is 6.07 Å². The second-order valence-electron chi connectivity index (χ2n) is 3.31. The fourth-order valence-corrected chi connectivity index (χ4v) is 2.16. The smallest absolute Gasteiger partial charge is 0.138 e. The molecule has 0 aliphatic carbocycles. The van der Waals surface area contributed by atoms with Crippen molar-refractivity contribution >= 4 is 23.1 Å². The minimum absolute atomic E-state index is 0.100. The molecule has 1 unspecified atom stereocenters. The summed E-state index contributed by atoms with van der Waals surface area (Å²) in [5.74, 6) is 0. The highest BCUT2D eigenvalue weighted by atomic mass is 35.5. The van der Waals surface area contributed by atoms with Gasteiger partial charge in [0, 0.05) is 37.7 Å². The maximum absolute atomic E-state index is 8.96. The molecule has 0 saturated carbocycles. The first kappa shape index (κ1) is 10.8. The summed E-state index contributed by atoms with van der Waals surface area (Å²) >= 11 is 7.10. The van der Waals surface area contributed by atoms with Crippen LogP contribution in [0.4, 0.5) is 0 Å². The van der Waals surface area contributed by atoms with Gasteiger partial charge in [0.2, 0.25) is 0 Å². The lowest BCUT2D eigenvalue weighted by Gasteiger charge is -2.31. The summed E-state index contributed by atoms with van der Waals surface area (Å²) in [6.07, 6.45) is 0. The number of rotatable bonds is 2. The molecule has 2 rings (SSSR count). The van der Waals surface area contributed by atoms with Crippen LogP contribution in [-0.4, -0.2) is 40.2 Å². The second kappa shape index (κ2) is 4.86. The number of hydrogen-bond donors (Lipinski definition) is 1. The van der Waals surface area contributed by atoms with Gasteiger partial charge in [-0.3, -0.25) is 4.90 Å². The Hall–Kier alpha value is -0.740. The first-order valence-electron chi connectivity index (χ1n) is 4.62. The number of halogens is 1. The molecule has 1 aromatic rings. The summed E-state index contributed by atoms with van der Waals surface area (Å²) in [6.45, 7) is 3.04. The Bertz CT molecular complexity index is 373. The van der Waals surface area contributed by atoms with Gasteiger partial charge < -0.3 is 5.32 Å². The molecule has 5 nitrogen and oxygen atoms in total. The van der Waals surface area contributed by atoms with E-state index in [0.29, 0.717) is 17.4 Å². The maximum atomic E-state index is 8.96. The van der Waals surface area contributed by atoms with Gasteiger partial charge in [-0.25, -0.2) is 0 Å². The summed E-state index contributed by atoms with van der Waals surface area (Å²) in [6, 6.07) is 2.16. The van der Waals surface area contributed by atoms with E-state index in [1.807, 2.05) is 0 Å². The fourth-order valence-electron chi connectivity index (χ4n) is 1.55. The van der Waals surface area contributed by atoms with Crippen molar-refractivity contribution in [2.45, 2.75) is 12.6 Å². The number of nitrogens with zero attached hydrogens (tertiary/aromatic N) is 4. The molecule has 1 atom stereocenters. The minimum atomic E-state index is -0.100. The average molecular weight is 244 g/mol. The standard InChI is InChI=1S/C8H10ClN5S/c9-8-7(12-13-15-8)5-14-2-1-11-4-6(14)3-10/h6,11H,1-2,4-5H2. The zero-order chi connectivity index (χ0) is 10.7. The van der Waals surface area contributed by atoms with Crippen LogP contribution in [0, 0.1) is 11.3 Å². The molecule has 1 N–H and O–H groups in total. The van der Waals surface area contributed by atoms with Crippen LogP contribution < -0.4 is 5.32 Å². The molecule has 7 heteroatoms. The topological polar surface area (TPSA) is 64.8 Å². The first-order chi connectivity index (χ1) is 7.31. The Morgan fingerprint density at radius 3 is 3.27 bits per heavy atom. The van der Waals surface area contributed by atoms with Crippen molar-refractivity contribution in [1.82, 2.24) is 19.8 Å². The van der Waals surface area contributed by atoms with E-state index >= 15 is 0 Å². The molecule has 0 amide bonds. The SMILES string of the molecule is N#CC1CNCCN1Cc1nnsc1Cl. The summed E-state index contributed by atoms with van der Waals surface area (Å²) in [7, 11) is 0. The molecule has 80 valence electrons. The van der Waals surface area contributed by atoms with Crippen molar-refractivity contribution in [2.75, 3.05) is 19.6 Å². The minimum Gasteiger partial charge on any atom is -0.313 e. The van der Waals surface area contributed by atoms with Gasteiger partial charge in [-0.05, 0) is 0 Å². The van der Waals surface area contributed by atoms with Crippen LogP contribution in [-0.2, 0) is 6.54 Å². The summed E-state index contributed by atoms with van der Waals surface area (Å²) in [4.78, 5) is 2.07. The third-order valence-corrected chi connectivity index (χ3v) is 3.35. The number of nitriles is 1. The van der Waals surface area contributed by atoms with Gasteiger partial charge in [-0.1, -0.05) is 16.1 Å². The predicted octanol–water partition coefficient (Wildman–Crippen LogP) is 0.489. The molecule has 0 radical (unpaired) electrons. The highest BCUT2D eigenvalue weighted by Gasteiger charge is 2.23. The zero-order valence-corrected chi connectivity index (χ0v) is 9.55. The highest BCUT2D eigenvalue weighted by molar-refractivity contribution is 7.10. The lowest BCUT2D eigenvalue weighted by Crippen LogP contribution is -2.50. The van der Waals surface area contributed by atoms with Gasteiger partial charge in [0.25, 0.3) is 0 Å². The van der Waals surface area contributed by atoms with E-state index in [4.69, 9.17) is 16.9 Å². The molecule has 1 fully saturated rings. The van der Waals surface area contributed by atoms with Gasteiger partial charge in [-0.2, -0.15) is 5.26 Å². The van der Waals surface area contributed by atoms with E-state index in [1.54, 1.807) is 0 Å². The summed E-state index contributed by atoms with van der Waals surface area (Å²) in [5.41, 5.74) is 0.767. The van der Waals surface area contributed by atoms with Crippen LogP contribution in [0.2, 0.25) is 4.34 Å². The molecule has 0 spiro atoms. The lowest BCUT2D eigenvalue weighted by atomic mass is 10.2. The first-order valence-corrected chi connectivity index (χ1v) is 5.77. The van der Waals surface area contributed by atoms with E-state index in [9.17, 15) is 0 Å². The number of piperazine rings is 1. The third kappa shape index (κ3) is 2.44. The predicted molar refractivity (Wildman–Crippen MR) is 57.6 cm³/mol. The van der Waals surface area contributed by atoms with Gasteiger partial charge in [-0.15, -0.1) is 5.10 Å². The van der Waals surface area contributed by atoms with Crippen molar-refractivity contribution in [1.29, 1.82) is 5.26 Å². The van der Waals surface area contributed by atoms with Crippen molar-refractivity contribution in [2.24, 2.45) is 0 Å². The monoisotopic (exact) mass is 243 g/mol. The lowest BCUT2D eigenvalue weighted by molar-refractivity contribution is 0.187. The quantitative estimate of drug-likeness (QED) is 0.819. The normalized spacial score (nSPS) is 22.5. The Morgan fingerprint density at radius 1 is 1.73 bits per heavy atom. The highest BCUT2D eigenvalue weighted by Crippen LogP contribution is 2.19. The Labute approximate surface area is 96.8 Å². The molecule has 2 heterocycles. The molecular formula is C8H10ClN5S. The molecule has 1 aromatic heterocycles. The Morgan fingerprint density at radius 2 is 2.60 bits per heavy atom. The molecule has 15 heavy (non-hydrogen) atoms. The summed E-state index contributed by atoms with van der Waals surface area (Å²) in [5, 5.41) is 16.1. The van der Waals surface area contributed by atoms with Crippen LogP contribution >= 0.6 is 23.1 Å². The number of nitrogens with one attached hydrogen (secondary N) is 1. The van der Waals surface area contributed by atoms with Crippen molar-refractivity contribution < 1.29 is 0 Å². The maximum Gasteiger partial charge on any atom is 0.138 e. The average Bonchev–Trinajstić information content (AvgIpc) is 2.65. The van der Waals surface area contributed by atoms with E-state index in [-0.39, 0.29) is 6.04 Å². The molecule has 0 bridgehead atoms. The van der Waals surface area contributed by atoms with E-state index in [2.05, 4.69) is 25.9 Å². The Kier molecular flexibility index (Phi) is 3.49. The second-order valence-corrected chi connectivity index (χ2v) is 4.67. The van der Waals surface area contributed by atoms with Crippen LogP contribution in [0.15, 0.2) is 0 Å². The van der Waals surface area contributed by atoms with Gasteiger partial charge in [0.1, 0.15) is 16.1 Å². The summed E-state index contributed by atoms with van der Waals surface area (Å²) < 4.78 is 4.39. The van der Waals surface area contributed by atoms with Gasteiger partial charge in [0.15, 0.2) is 0 Å². The van der Waals surface area contributed by atoms with Crippen LogP contribution in [0.3, 0.4) is 0 Å². The van der Waals surface area contributed by atoms with Crippen LogP contribution in [0.25, 0.3) is 0 Å². The van der Waals surface area contributed by atoms with E-state index in [1.165, 1.54) is 11.5 Å². The molecule has 1 aliphatic rings. The van der Waals surface area contributed by atoms with Gasteiger partial charge in [0.05, 0.1) is 6.07 Å². The van der Waals surface area contributed by atoms with Crippen LogP contribution in [0.1, 0.15) is 5.69 Å². The molecule has 0 aromatic carbocycles. The van der Waals surface area contributed by atoms with Crippen molar-refractivity contribution in [3.05, 3.63) is 10.0 Å². The zero-order valence-electron chi connectivity index (χ0n) is 7.98. The Balaban J connectivity index is 2.04. The largest absolute Gasteiger partial charge is 0.313 e. The van der Waals surface area contributed by atoms with E-state index < -0.39 is 0 Å². The molecule has 1 aliphatic heterocycles. The third-order valence-electron chi connectivity index (χ3n) is 2.37. The van der Waals surface area contributed by atoms with Gasteiger partial charge >= 0.3 is 0 Å². The van der Waals surface area contributed by atoms with Crippen molar-refractivity contribution in [3.63, 3.8) is 0 Å². The molecule has 1 saturated heterocycles. The van der Waals surface area contributed by atoms with Crippen LogP contribution in [0.5, 0.6) is 0 Å². The number of aromatic nitrogens is 2. The number of hydrogen-bond acceptors (Lipinski definition) is 6. The fraction of sp³-hybridized carbons (Fsp3) is 0.625. The van der Waals surface area contributed by atoms with E-state index in [0.717, 1.165) is 18.8 Å².